The van der Waals surface area contributed by atoms with Gasteiger partial charge in [-0.05, 0) is 30.7 Å². The van der Waals surface area contributed by atoms with Gasteiger partial charge in [0.1, 0.15) is 0 Å². The number of benzene rings is 2. The molecule has 0 bridgehead atoms. The average molecular weight is 367 g/mol. The number of nitrogens with one attached hydrogen (secondary N) is 1. The molecule has 144 valence electrons. The Morgan fingerprint density at radius 2 is 1.44 bits per heavy atom. The number of carbonyl (C=O) groups excluding carboxylic acids is 2. The Bertz CT molecular complexity index is 713. The van der Waals surface area contributed by atoms with E-state index in [1.165, 1.54) is 32.1 Å². The van der Waals surface area contributed by atoms with Gasteiger partial charge < -0.3 is 10.1 Å². The van der Waals surface area contributed by atoms with E-state index in [0.29, 0.717) is 23.4 Å². The fourth-order valence-electron chi connectivity index (χ4n) is 2.86. The molecule has 0 aliphatic carbocycles. The van der Waals surface area contributed by atoms with E-state index in [0.717, 1.165) is 12.8 Å². The maximum absolute atomic E-state index is 12.4. The van der Waals surface area contributed by atoms with Crippen LogP contribution in [0.1, 0.15) is 72.6 Å². The van der Waals surface area contributed by atoms with E-state index in [9.17, 15) is 9.59 Å². The summed E-state index contributed by atoms with van der Waals surface area (Å²) in [6.45, 7) is 2.62. The summed E-state index contributed by atoms with van der Waals surface area (Å²) in [4.78, 5) is 24.7. The summed E-state index contributed by atoms with van der Waals surface area (Å²) in [6, 6.07) is 15.9. The predicted molar refractivity (Wildman–Crippen MR) is 109 cm³/mol. The highest BCUT2D eigenvalue weighted by molar-refractivity contribution is 6.07. The number of unbranched alkanes of at least 4 members (excludes halogenated alkanes) is 6. The lowest BCUT2D eigenvalue weighted by molar-refractivity contribution is 0.0499. The molecule has 0 aliphatic heterocycles. The summed E-state index contributed by atoms with van der Waals surface area (Å²) in [5.74, 6) is -0.645. The molecule has 0 saturated carbocycles. The van der Waals surface area contributed by atoms with Crippen molar-refractivity contribution in [1.82, 2.24) is 0 Å². The van der Waals surface area contributed by atoms with Crippen LogP contribution >= 0.6 is 0 Å². The minimum absolute atomic E-state index is 0.247. The van der Waals surface area contributed by atoms with Gasteiger partial charge in [-0.3, -0.25) is 4.79 Å². The van der Waals surface area contributed by atoms with Crippen LogP contribution in [0.3, 0.4) is 0 Å². The molecule has 0 aromatic heterocycles. The van der Waals surface area contributed by atoms with Crippen molar-refractivity contribution >= 4 is 17.6 Å². The van der Waals surface area contributed by atoms with Gasteiger partial charge in [-0.2, -0.15) is 0 Å². The van der Waals surface area contributed by atoms with Crippen LogP contribution in [-0.2, 0) is 4.74 Å². The molecule has 1 N–H and O–H groups in total. The largest absolute Gasteiger partial charge is 0.462 e. The molecule has 0 radical (unpaired) electrons. The molecule has 1 amide bonds. The summed E-state index contributed by atoms with van der Waals surface area (Å²) in [5.41, 5.74) is 1.39. The monoisotopic (exact) mass is 367 g/mol. The van der Waals surface area contributed by atoms with Crippen molar-refractivity contribution in [3.63, 3.8) is 0 Å². The van der Waals surface area contributed by atoms with Crippen molar-refractivity contribution in [3.05, 3.63) is 65.7 Å². The van der Waals surface area contributed by atoms with E-state index < -0.39 is 5.97 Å². The maximum atomic E-state index is 12.4. The van der Waals surface area contributed by atoms with Gasteiger partial charge >= 0.3 is 5.97 Å². The summed E-state index contributed by atoms with van der Waals surface area (Å²) < 4.78 is 5.39. The lowest BCUT2D eigenvalue weighted by Crippen LogP contribution is -2.16. The fourth-order valence-corrected chi connectivity index (χ4v) is 2.86. The molecule has 0 fully saturated rings. The third-order valence-electron chi connectivity index (χ3n) is 4.41. The topological polar surface area (TPSA) is 55.4 Å². The molecule has 0 atom stereocenters. The van der Waals surface area contributed by atoms with E-state index in [2.05, 4.69) is 12.2 Å². The molecule has 2 aromatic carbocycles. The van der Waals surface area contributed by atoms with Gasteiger partial charge in [0.2, 0.25) is 0 Å². The van der Waals surface area contributed by atoms with Crippen LogP contribution in [0.2, 0.25) is 0 Å². The van der Waals surface area contributed by atoms with Crippen molar-refractivity contribution in [3.8, 4) is 0 Å². The van der Waals surface area contributed by atoms with Crippen molar-refractivity contribution in [2.75, 3.05) is 11.9 Å². The third kappa shape index (κ3) is 7.26. The Morgan fingerprint density at radius 1 is 0.815 bits per heavy atom. The van der Waals surface area contributed by atoms with Crippen LogP contribution in [0.25, 0.3) is 0 Å². The molecule has 0 unspecified atom stereocenters. The third-order valence-corrected chi connectivity index (χ3v) is 4.41. The second-order valence-corrected chi connectivity index (χ2v) is 6.62. The SMILES string of the molecule is CCCCCCCCCOC(=O)c1ccccc1NC(=O)c1ccccc1. The predicted octanol–water partition coefficient (Wildman–Crippen LogP) is 5.85. The highest BCUT2D eigenvalue weighted by atomic mass is 16.5. The zero-order chi connectivity index (χ0) is 19.3. The first kappa shape index (κ1) is 20.7. The van der Waals surface area contributed by atoms with Gasteiger partial charge in [0.25, 0.3) is 5.91 Å². The Labute approximate surface area is 161 Å². The zero-order valence-corrected chi connectivity index (χ0v) is 16.1. The second kappa shape index (κ2) is 11.9. The van der Waals surface area contributed by atoms with Crippen LogP contribution in [-0.4, -0.2) is 18.5 Å². The molecule has 4 nitrogen and oxygen atoms in total. The second-order valence-electron chi connectivity index (χ2n) is 6.62. The summed E-state index contributed by atoms with van der Waals surface area (Å²) in [5, 5.41) is 2.80. The molecule has 0 heterocycles. The first-order valence-electron chi connectivity index (χ1n) is 9.85. The van der Waals surface area contributed by atoms with Crippen molar-refractivity contribution in [2.45, 2.75) is 51.9 Å². The molecule has 4 heteroatoms. The number of ether oxygens (including phenoxy) is 1. The Hall–Kier alpha value is -2.62. The Balaban J connectivity index is 1.82. The Morgan fingerprint density at radius 3 is 2.19 bits per heavy atom. The van der Waals surface area contributed by atoms with Crippen LogP contribution in [0.4, 0.5) is 5.69 Å². The van der Waals surface area contributed by atoms with Gasteiger partial charge in [-0.1, -0.05) is 75.8 Å². The molecule has 2 aromatic rings. The van der Waals surface area contributed by atoms with E-state index in [-0.39, 0.29) is 5.91 Å². The number of carbonyl (C=O) groups is 2. The standard InChI is InChI=1S/C23H29NO3/c1-2-3-4-5-6-7-13-18-27-23(26)20-16-11-12-17-21(20)24-22(25)19-14-9-8-10-15-19/h8-12,14-17H,2-7,13,18H2,1H3,(H,24,25). The van der Waals surface area contributed by atoms with Crippen LogP contribution in [0, 0.1) is 0 Å². The number of para-hydroxylation sites is 1. The van der Waals surface area contributed by atoms with Crippen LogP contribution < -0.4 is 5.32 Å². The quantitative estimate of drug-likeness (QED) is 0.400. The van der Waals surface area contributed by atoms with Gasteiger partial charge in [0, 0.05) is 5.56 Å². The van der Waals surface area contributed by atoms with Gasteiger partial charge in [-0.15, -0.1) is 0 Å². The maximum Gasteiger partial charge on any atom is 0.340 e. The molecule has 2 rings (SSSR count). The van der Waals surface area contributed by atoms with Gasteiger partial charge in [0.05, 0.1) is 17.9 Å². The molecule has 0 spiro atoms. The number of hydrogen-bond donors (Lipinski definition) is 1. The number of amides is 1. The number of anilines is 1. The highest BCUT2D eigenvalue weighted by Crippen LogP contribution is 2.18. The molecule has 27 heavy (non-hydrogen) atoms. The smallest absolute Gasteiger partial charge is 0.340 e. The van der Waals surface area contributed by atoms with E-state index >= 15 is 0 Å². The average Bonchev–Trinajstić information content (AvgIpc) is 2.71. The zero-order valence-electron chi connectivity index (χ0n) is 16.1. The summed E-state index contributed by atoms with van der Waals surface area (Å²) >= 11 is 0. The van der Waals surface area contributed by atoms with Gasteiger partial charge in [-0.25, -0.2) is 4.79 Å². The highest BCUT2D eigenvalue weighted by Gasteiger charge is 2.15. The van der Waals surface area contributed by atoms with Crippen molar-refractivity contribution in [1.29, 1.82) is 0 Å². The Kier molecular flexibility index (Phi) is 9.11. The van der Waals surface area contributed by atoms with E-state index in [1.54, 1.807) is 48.5 Å². The lowest BCUT2D eigenvalue weighted by Gasteiger charge is -2.11. The minimum Gasteiger partial charge on any atom is -0.462 e. The summed E-state index contributed by atoms with van der Waals surface area (Å²) in [6.07, 6.45) is 8.19. The normalized spacial score (nSPS) is 10.4. The van der Waals surface area contributed by atoms with Crippen molar-refractivity contribution < 1.29 is 14.3 Å². The van der Waals surface area contributed by atoms with Crippen LogP contribution in [0.15, 0.2) is 54.6 Å². The lowest BCUT2D eigenvalue weighted by atomic mass is 10.1. The van der Waals surface area contributed by atoms with E-state index in [4.69, 9.17) is 4.74 Å². The number of esters is 1. The summed E-state index contributed by atoms with van der Waals surface area (Å²) in [7, 11) is 0. The molecule has 0 saturated heterocycles. The van der Waals surface area contributed by atoms with E-state index in [1.807, 2.05) is 6.07 Å². The number of hydrogen-bond acceptors (Lipinski definition) is 3. The molecular formula is C23H29NO3. The molecule has 0 aliphatic rings. The van der Waals surface area contributed by atoms with Gasteiger partial charge in [0.15, 0.2) is 0 Å². The number of rotatable bonds is 11. The first-order chi connectivity index (χ1) is 13.2. The van der Waals surface area contributed by atoms with Crippen LogP contribution in [0.5, 0.6) is 0 Å². The molecular weight excluding hydrogens is 338 g/mol. The van der Waals surface area contributed by atoms with Crippen molar-refractivity contribution in [2.24, 2.45) is 0 Å². The fraction of sp³-hybridized carbons (Fsp3) is 0.391. The minimum atomic E-state index is -0.398. The first-order valence-corrected chi connectivity index (χ1v) is 9.85.